The number of ether oxygens (including phenoxy) is 1. The first-order valence-electron chi connectivity index (χ1n) is 7.54. The summed E-state index contributed by atoms with van der Waals surface area (Å²) in [6.07, 6.45) is 0. The number of hydrogen-bond donors (Lipinski definition) is 1. The Bertz CT molecular complexity index is 871. The van der Waals surface area contributed by atoms with Crippen LogP contribution in [-0.2, 0) is 11.4 Å². The number of pyridine rings is 1. The lowest BCUT2D eigenvalue weighted by atomic mass is 10.1. The van der Waals surface area contributed by atoms with Gasteiger partial charge in [0, 0.05) is 5.69 Å². The van der Waals surface area contributed by atoms with Gasteiger partial charge in [0.2, 0.25) is 0 Å². The summed E-state index contributed by atoms with van der Waals surface area (Å²) in [5, 5.41) is 12.5. The maximum Gasteiger partial charge on any atom is 0.341 e. The van der Waals surface area contributed by atoms with Crippen LogP contribution in [0.25, 0.3) is 0 Å². The molecule has 122 valence electrons. The van der Waals surface area contributed by atoms with Crippen LogP contribution in [0.15, 0.2) is 36.4 Å². The van der Waals surface area contributed by atoms with Crippen LogP contribution in [0.5, 0.6) is 0 Å². The second-order valence-corrected chi connectivity index (χ2v) is 5.62. The predicted octanol–water partition coefficient (Wildman–Crippen LogP) is 3.11. The SMILES string of the molecule is CCOC(=O)c1cc(C#N)c(=S)n2c1NCN(c1ccccc1)C2. The fraction of sp³-hybridized carbons (Fsp3) is 0.235. The summed E-state index contributed by atoms with van der Waals surface area (Å²) in [6.45, 7) is 2.99. The van der Waals surface area contributed by atoms with Crippen LogP contribution >= 0.6 is 12.2 Å². The molecule has 1 aliphatic rings. The average molecular weight is 340 g/mol. The Morgan fingerprint density at radius 1 is 1.42 bits per heavy atom. The number of esters is 1. The second-order valence-electron chi connectivity index (χ2n) is 5.24. The van der Waals surface area contributed by atoms with Crippen molar-refractivity contribution in [3.63, 3.8) is 0 Å². The number of para-hydroxylation sites is 1. The molecule has 1 aromatic heterocycles. The van der Waals surface area contributed by atoms with Crippen LogP contribution < -0.4 is 10.2 Å². The number of nitrogens with one attached hydrogen (secondary N) is 1. The minimum atomic E-state index is -0.464. The molecule has 0 spiro atoms. The number of hydrogen-bond acceptors (Lipinski definition) is 6. The van der Waals surface area contributed by atoms with Gasteiger partial charge in [0.05, 0.1) is 25.5 Å². The van der Waals surface area contributed by atoms with Gasteiger partial charge in [-0.05, 0) is 25.1 Å². The Hall–Kier alpha value is -2.85. The molecule has 0 atom stereocenters. The molecule has 1 aromatic carbocycles. The van der Waals surface area contributed by atoms with Gasteiger partial charge in [0.1, 0.15) is 22.1 Å². The summed E-state index contributed by atoms with van der Waals surface area (Å²) < 4.78 is 7.25. The minimum Gasteiger partial charge on any atom is -0.462 e. The van der Waals surface area contributed by atoms with Gasteiger partial charge in [-0.3, -0.25) is 4.57 Å². The molecule has 2 heterocycles. The zero-order valence-electron chi connectivity index (χ0n) is 13.2. The Morgan fingerprint density at radius 3 is 2.83 bits per heavy atom. The normalized spacial score (nSPS) is 12.8. The van der Waals surface area contributed by atoms with Crippen molar-refractivity contribution in [1.82, 2.24) is 4.57 Å². The molecule has 0 radical (unpaired) electrons. The summed E-state index contributed by atoms with van der Waals surface area (Å²) in [5.74, 6) is 0.123. The monoisotopic (exact) mass is 340 g/mol. The Balaban J connectivity index is 2.07. The smallest absolute Gasteiger partial charge is 0.341 e. The molecule has 1 aliphatic heterocycles. The van der Waals surface area contributed by atoms with Gasteiger partial charge in [-0.25, -0.2) is 4.79 Å². The van der Waals surface area contributed by atoms with E-state index in [9.17, 15) is 10.1 Å². The lowest BCUT2D eigenvalue weighted by Crippen LogP contribution is -2.39. The summed E-state index contributed by atoms with van der Waals surface area (Å²) in [4.78, 5) is 14.3. The van der Waals surface area contributed by atoms with Crippen molar-refractivity contribution in [1.29, 1.82) is 5.26 Å². The molecule has 6 nitrogen and oxygen atoms in total. The predicted molar refractivity (Wildman–Crippen MR) is 93.3 cm³/mol. The molecule has 0 saturated heterocycles. The van der Waals surface area contributed by atoms with Crippen molar-refractivity contribution in [3.8, 4) is 6.07 Å². The molecule has 0 saturated carbocycles. The zero-order chi connectivity index (χ0) is 17.1. The van der Waals surface area contributed by atoms with E-state index in [2.05, 4.69) is 16.3 Å². The highest BCUT2D eigenvalue weighted by molar-refractivity contribution is 7.71. The van der Waals surface area contributed by atoms with Gasteiger partial charge in [-0.1, -0.05) is 30.4 Å². The molecule has 0 unspecified atom stereocenters. The summed E-state index contributed by atoms with van der Waals surface area (Å²) >= 11 is 5.41. The van der Waals surface area contributed by atoms with Gasteiger partial charge in [-0.2, -0.15) is 5.26 Å². The molecule has 0 fully saturated rings. The number of nitrogens with zero attached hydrogens (tertiary/aromatic N) is 3. The van der Waals surface area contributed by atoms with Gasteiger partial charge < -0.3 is 15.0 Å². The van der Waals surface area contributed by atoms with Crippen molar-refractivity contribution < 1.29 is 9.53 Å². The van der Waals surface area contributed by atoms with Crippen LogP contribution in [0.4, 0.5) is 11.5 Å². The lowest BCUT2D eigenvalue weighted by Gasteiger charge is -2.34. The Labute approximate surface area is 144 Å². The summed E-state index contributed by atoms with van der Waals surface area (Å²) in [5.41, 5.74) is 1.64. The number of fused-ring (bicyclic) bond motifs is 1. The quantitative estimate of drug-likeness (QED) is 0.684. The molecular weight excluding hydrogens is 324 g/mol. The van der Waals surface area contributed by atoms with Gasteiger partial charge >= 0.3 is 5.97 Å². The van der Waals surface area contributed by atoms with Crippen molar-refractivity contribution in [3.05, 3.63) is 52.2 Å². The van der Waals surface area contributed by atoms with E-state index in [4.69, 9.17) is 17.0 Å². The third-order valence-electron chi connectivity index (χ3n) is 3.78. The molecule has 24 heavy (non-hydrogen) atoms. The van der Waals surface area contributed by atoms with Gasteiger partial charge in [0.25, 0.3) is 0 Å². The van der Waals surface area contributed by atoms with E-state index in [0.29, 0.717) is 29.4 Å². The van der Waals surface area contributed by atoms with E-state index in [-0.39, 0.29) is 12.2 Å². The number of aromatic nitrogens is 1. The van der Waals surface area contributed by atoms with Crippen LogP contribution in [0.3, 0.4) is 0 Å². The number of carbonyl (C=O) groups excluding carboxylic acids is 1. The van der Waals surface area contributed by atoms with E-state index >= 15 is 0 Å². The number of carbonyl (C=O) groups is 1. The van der Waals surface area contributed by atoms with Crippen LogP contribution in [0, 0.1) is 16.0 Å². The summed E-state index contributed by atoms with van der Waals surface area (Å²) in [7, 11) is 0. The second kappa shape index (κ2) is 6.72. The van der Waals surface area contributed by atoms with Crippen LogP contribution in [0.2, 0.25) is 0 Å². The number of benzene rings is 1. The van der Waals surface area contributed by atoms with E-state index in [1.165, 1.54) is 6.07 Å². The number of rotatable bonds is 3. The maximum absolute atomic E-state index is 12.2. The first-order chi connectivity index (χ1) is 11.7. The van der Waals surface area contributed by atoms with Crippen molar-refractivity contribution >= 4 is 29.7 Å². The first-order valence-corrected chi connectivity index (χ1v) is 7.95. The summed E-state index contributed by atoms with van der Waals surface area (Å²) in [6, 6.07) is 13.4. The molecule has 7 heteroatoms. The Kier molecular flexibility index (Phi) is 4.49. The Morgan fingerprint density at radius 2 is 2.17 bits per heavy atom. The fourth-order valence-corrected chi connectivity index (χ4v) is 2.89. The fourth-order valence-electron chi connectivity index (χ4n) is 2.64. The van der Waals surface area contributed by atoms with Crippen molar-refractivity contribution in [2.75, 3.05) is 23.5 Å². The van der Waals surface area contributed by atoms with Gasteiger partial charge in [-0.15, -0.1) is 0 Å². The minimum absolute atomic E-state index is 0.270. The van der Waals surface area contributed by atoms with Crippen LogP contribution in [-0.4, -0.2) is 23.8 Å². The molecular formula is C17H16N4O2S. The van der Waals surface area contributed by atoms with Crippen LogP contribution in [0.1, 0.15) is 22.8 Å². The topological polar surface area (TPSA) is 70.3 Å². The first kappa shape index (κ1) is 16.0. The van der Waals surface area contributed by atoms with E-state index in [1.807, 2.05) is 30.3 Å². The highest BCUT2D eigenvalue weighted by Crippen LogP contribution is 2.26. The van der Waals surface area contributed by atoms with E-state index in [1.54, 1.807) is 11.5 Å². The highest BCUT2D eigenvalue weighted by Gasteiger charge is 2.24. The molecule has 1 N–H and O–H groups in total. The third kappa shape index (κ3) is 2.84. The highest BCUT2D eigenvalue weighted by atomic mass is 32.1. The maximum atomic E-state index is 12.2. The third-order valence-corrected chi connectivity index (χ3v) is 4.22. The molecule has 3 rings (SSSR count). The lowest BCUT2D eigenvalue weighted by molar-refractivity contribution is 0.0526. The molecule has 0 amide bonds. The van der Waals surface area contributed by atoms with Crippen molar-refractivity contribution in [2.45, 2.75) is 13.6 Å². The number of nitriles is 1. The molecule has 2 aromatic rings. The average Bonchev–Trinajstić information content (AvgIpc) is 2.63. The van der Waals surface area contributed by atoms with Gasteiger partial charge in [0.15, 0.2) is 0 Å². The largest absolute Gasteiger partial charge is 0.462 e. The molecule has 0 bridgehead atoms. The van der Waals surface area contributed by atoms with Crippen molar-refractivity contribution in [2.24, 2.45) is 0 Å². The molecule has 0 aliphatic carbocycles. The number of anilines is 2. The van der Waals surface area contributed by atoms with E-state index < -0.39 is 5.97 Å². The van der Waals surface area contributed by atoms with E-state index in [0.717, 1.165) is 5.69 Å². The standard InChI is InChI=1S/C17H16N4O2S/c1-2-23-17(22)14-8-12(9-18)16(24)21-11-20(10-19-15(14)21)13-6-4-3-5-7-13/h3-8,19H,2,10-11H2,1H3. The zero-order valence-corrected chi connectivity index (χ0v) is 14.0.